The van der Waals surface area contributed by atoms with Crippen LogP contribution in [0.5, 0.6) is 5.75 Å². The van der Waals surface area contributed by atoms with E-state index in [0.717, 1.165) is 17.0 Å². The molecule has 94 valence electrons. The number of nitrogens with two attached hydrogens (primary N) is 1. The van der Waals surface area contributed by atoms with E-state index in [1.54, 1.807) is 13.2 Å². The summed E-state index contributed by atoms with van der Waals surface area (Å²) in [4.78, 5) is 0. The lowest BCUT2D eigenvalue weighted by molar-refractivity contribution is 0.414. The molecule has 0 aliphatic rings. The van der Waals surface area contributed by atoms with Crippen molar-refractivity contribution in [3.8, 4) is 5.75 Å². The maximum Gasteiger partial charge on any atom is 0.118 e. The van der Waals surface area contributed by atoms with Crippen LogP contribution in [0.25, 0.3) is 0 Å². The lowest BCUT2D eigenvalue weighted by Crippen LogP contribution is -2.00. The molecule has 0 aromatic heterocycles. The van der Waals surface area contributed by atoms with E-state index in [9.17, 15) is 0 Å². The molecule has 0 unspecified atom stereocenters. The minimum absolute atomic E-state index is 0.628. The smallest absolute Gasteiger partial charge is 0.118 e. The summed E-state index contributed by atoms with van der Waals surface area (Å²) in [6, 6.07) is 13.3. The van der Waals surface area contributed by atoms with Crippen LogP contribution in [0.4, 0.5) is 11.4 Å². The lowest BCUT2D eigenvalue weighted by Gasteiger charge is -2.09. The topological polar surface area (TPSA) is 47.3 Å². The summed E-state index contributed by atoms with van der Waals surface area (Å²) in [7, 11) is 1.65. The second kappa shape index (κ2) is 5.65. The molecule has 3 N–H and O–H groups in total. The van der Waals surface area contributed by atoms with E-state index >= 15 is 0 Å². The highest BCUT2D eigenvalue weighted by atomic mass is 35.5. The molecule has 4 heteroatoms. The van der Waals surface area contributed by atoms with Crippen LogP contribution in [0.3, 0.4) is 0 Å². The second-order valence-electron chi connectivity index (χ2n) is 3.94. The first-order chi connectivity index (χ1) is 8.69. The van der Waals surface area contributed by atoms with Crippen LogP contribution in [-0.4, -0.2) is 7.11 Å². The summed E-state index contributed by atoms with van der Waals surface area (Å²) in [6.45, 7) is 0.702. The summed E-state index contributed by atoms with van der Waals surface area (Å²) in [5, 5.41) is 3.89. The number of anilines is 2. The van der Waals surface area contributed by atoms with Gasteiger partial charge in [0.05, 0.1) is 17.8 Å². The fourth-order valence-corrected chi connectivity index (χ4v) is 1.87. The summed E-state index contributed by atoms with van der Waals surface area (Å²) < 4.78 is 5.11. The van der Waals surface area contributed by atoms with Gasteiger partial charge in [0.1, 0.15) is 5.75 Å². The van der Waals surface area contributed by atoms with Crippen molar-refractivity contribution in [1.82, 2.24) is 0 Å². The van der Waals surface area contributed by atoms with Crippen molar-refractivity contribution in [2.45, 2.75) is 6.54 Å². The zero-order valence-electron chi connectivity index (χ0n) is 10.1. The summed E-state index contributed by atoms with van der Waals surface area (Å²) in [5.41, 5.74) is 8.34. The summed E-state index contributed by atoms with van der Waals surface area (Å²) in [6.07, 6.45) is 0. The molecule has 0 aliphatic heterocycles. The van der Waals surface area contributed by atoms with Crippen LogP contribution in [-0.2, 0) is 6.54 Å². The Hall–Kier alpha value is -1.87. The molecule has 2 aromatic rings. The van der Waals surface area contributed by atoms with Crippen LogP contribution < -0.4 is 15.8 Å². The molecule has 0 saturated heterocycles. The van der Waals surface area contributed by atoms with Gasteiger partial charge < -0.3 is 15.8 Å². The van der Waals surface area contributed by atoms with E-state index in [-0.39, 0.29) is 0 Å². The average molecular weight is 263 g/mol. The van der Waals surface area contributed by atoms with Gasteiger partial charge in [0.25, 0.3) is 0 Å². The highest BCUT2D eigenvalue weighted by Gasteiger charge is 2.00. The quantitative estimate of drug-likeness (QED) is 0.829. The van der Waals surface area contributed by atoms with Gasteiger partial charge in [-0.2, -0.15) is 0 Å². The Bertz CT molecular complexity index is 526. The Balaban J connectivity index is 2.02. The predicted octanol–water partition coefficient (Wildman–Crippen LogP) is 3.54. The van der Waals surface area contributed by atoms with Gasteiger partial charge in [-0.05, 0) is 35.9 Å². The number of nitrogen functional groups attached to an aromatic ring is 1. The number of benzene rings is 2. The van der Waals surface area contributed by atoms with E-state index in [2.05, 4.69) is 5.32 Å². The molecular weight excluding hydrogens is 248 g/mol. The molecule has 0 aliphatic carbocycles. The molecule has 3 nitrogen and oxygen atoms in total. The molecule has 0 radical (unpaired) electrons. The van der Waals surface area contributed by atoms with Gasteiger partial charge in [0, 0.05) is 12.2 Å². The van der Waals surface area contributed by atoms with Gasteiger partial charge in [-0.25, -0.2) is 0 Å². The normalized spacial score (nSPS) is 10.1. The average Bonchev–Trinajstić information content (AvgIpc) is 2.38. The molecular formula is C14H15ClN2O. The Morgan fingerprint density at radius 1 is 1.17 bits per heavy atom. The molecule has 0 spiro atoms. The van der Waals surface area contributed by atoms with Crippen LogP contribution >= 0.6 is 11.6 Å². The third-order valence-electron chi connectivity index (χ3n) is 2.64. The molecule has 2 rings (SSSR count). The Morgan fingerprint density at radius 2 is 1.89 bits per heavy atom. The SMILES string of the molecule is COc1ccc(CNc2ccc(N)cc2Cl)cc1. The van der Waals surface area contributed by atoms with E-state index in [4.69, 9.17) is 22.1 Å². The van der Waals surface area contributed by atoms with E-state index in [0.29, 0.717) is 17.3 Å². The van der Waals surface area contributed by atoms with Crippen LogP contribution in [0.15, 0.2) is 42.5 Å². The number of methoxy groups -OCH3 is 1. The first-order valence-electron chi connectivity index (χ1n) is 5.61. The fraction of sp³-hybridized carbons (Fsp3) is 0.143. The van der Waals surface area contributed by atoms with Crippen molar-refractivity contribution in [2.75, 3.05) is 18.2 Å². The first kappa shape index (κ1) is 12.6. The number of hydrogen-bond acceptors (Lipinski definition) is 3. The van der Waals surface area contributed by atoms with Crippen molar-refractivity contribution in [3.63, 3.8) is 0 Å². The number of rotatable bonds is 4. The number of nitrogens with one attached hydrogen (secondary N) is 1. The van der Waals surface area contributed by atoms with E-state index < -0.39 is 0 Å². The minimum atomic E-state index is 0.628. The predicted molar refractivity (Wildman–Crippen MR) is 76.2 cm³/mol. The van der Waals surface area contributed by atoms with Crippen molar-refractivity contribution in [1.29, 1.82) is 0 Å². The molecule has 0 amide bonds. The van der Waals surface area contributed by atoms with Gasteiger partial charge in [-0.3, -0.25) is 0 Å². The maximum atomic E-state index is 6.08. The standard InChI is InChI=1S/C14H15ClN2O/c1-18-12-5-2-10(3-6-12)9-17-14-7-4-11(16)8-13(14)15/h2-8,17H,9,16H2,1H3. The second-order valence-corrected chi connectivity index (χ2v) is 4.35. The van der Waals surface area contributed by atoms with Gasteiger partial charge in [-0.1, -0.05) is 23.7 Å². The van der Waals surface area contributed by atoms with Crippen molar-refractivity contribution >= 4 is 23.0 Å². The Morgan fingerprint density at radius 3 is 2.50 bits per heavy atom. The molecule has 0 atom stereocenters. The highest BCUT2D eigenvalue weighted by molar-refractivity contribution is 6.33. The van der Waals surface area contributed by atoms with Gasteiger partial charge in [-0.15, -0.1) is 0 Å². The summed E-state index contributed by atoms with van der Waals surface area (Å²) >= 11 is 6.08. The van der Waals surface area contributed by atoms with Gasteiger partial charge >= 0.3 is 0 Å². The number of halogens is 1. The van der Waals surface area contributed by atoms with Crippen LogP contribution in [0.2, 0.25) is 5.02 Å². The highest BCUT2D eigenvalue weighted by Crippen LogP contribution is 2.24. The van der Waals surface area contributed by atoms with Crippen LogP contribution in [0.1, 0.15) is 5.56 Å². The number of hydrogen-bond donors (Lipinski definition) is 2. The minimum Gasteiger partial charge on any atom is -0.497 e. The van der Waals surface area contributed by atoms with Gasteiger partial charge in [0.15, 0.2) is 0 Å². The molecule has 18 heavy (non-hydrogen) atoms. The fourth-order valence-electron chi connectivity index (χ4n) is 1.62. The molecule has 0 fully saturated rings. The molecule has 0 heterocycles. The largest absolute Gasteiger partial charge is 0.497 e. The first-order valence-corrected chi connectivity index (χ1v) is 5.98. The zero-order valence-corrected chi connectivity index (χ0v) is 10.9. The monoisotopic (exact) mass is 262 g/mol. The maximum absolute atomic E-state index is 6.08. The zero-order chi connectivity index (χ0) is 13.0. The van der Waals surface area contributed by atoms with Crippen molar-refractivity contribution in [3.05, 3.63) is 53.1 Å². The van der Waals surface area contributed by atoms with Gasteiger partial charge in [0.2, 0.25) is 0 Å². The van der Waals surface area contributed by atoms with E-state index in [1.807, 2.05) is 36.4 Å². The number of ether oxygens (including phenoxy) is 1. The van der Waals surface area contributed by atoms with Crippen LogP contribution in [0, 0.1) is 0 Å². The van der Waals surface area contributed by atoms with E-state index in [1.165, 1.54) is 0 Å². The third-order valence-corrected chi connectivity index (χ3v) is 2.95. The Kier molecular flexibility index (Phi) is 3.95. The molecule has 0 saturated carbocycles. The molecule has 2 aromatic carbocycles. The Labute approximate surface area is 112 Å². The van der Waals surface area contributed by atoms with Crippen molar-refractivity contribution in [2.24, 2.45) is 0 Å². The summed E-state index contributed by atoms with van der Waals surface area (Å²) in [5.74, 6) is 0.851. The molecule has 0 bridgehead atoms. The lowest BCUT2D eigenvalue weighted by atomic mass is 10.2. The third kappa shape index (κ3) is 3.08. The van der Waals surface area contributed by atoms with Crippen molar-refractivity contribution < 1.29 is 4.74 Å².